The zero-order valence-corrected chi connectivity index (χ0v) is 13.3. The molecule has 3 rings (SSSR count). The number of nitrogens with zero attached hydrogens (tertiary/aromatic N) is 3. The Morgan fingerprint density at radius 1 is 1.45 bits per heavy atom. The zero-order valence-electron chi connectivity index (χ0n) is 13.3. The Kier molecular flexibility index (Phi) is 4.00. The molecule has 1 atom stereocenters. The number of aromatic amines is 1. The first-order valence-electron chi connectivity index (χ1n) is 7.77. The summed E-state index contributed by atoms with van der Waals surface area (Å²) in [6.45, 7) is 7.26. The molecule has 118 valence electrons. The molecule has 6 heteroatoms. The molecule has 1 saturated heterocycles. The Labute approximate surface area is 129 Å². The minimum atomic E-state index is 0.0438. The van der Waals surface area contributed by atoms with Gasteiger partial charge in [-0.1, -0.05) is 5.16 Å². The van der Waals surface area contributed by atoms with Crippen LogP contribution in [0.3, 0.4) is 0 Å². The van der Waals surface area contributed by atoms with E-state index in [4.69, 9.17) is 4.52 Å². The van der Waals surface area contributed by atoms with Gasteiger partial charge in [-0.05, 0) is 51.5 Å². The second kappa shape index (κ2) is 5.94. The number of likely N-dealkylation sites (tertiary alicyclic amines) is 1. The Morgan fingerprint density at radius 2 is 2.27 bits per heavy atom. The maximum atomic E-state index is 12.7. The van der Waals surface area contributed by atoms with Crippen LogP contribution in [0, 0.1) is 26.7 Å². The average Bonchev–Trinajstić information content (AvgIpc) is 3.05. The van der Waals surface area contributed by atoms with Crippen LogP contribution in [0.5, 0.6) is 0 Å². The lowest BCUT2D eigenvalue weighted by molar-refractivity contribution is 0.0670. The molecule has 0 aromatic carbocycles. The molecule has 1 amide bonds. The number of hydrogen-bond acceptors (Lipinski definition) is 4. The molecule has 0 radical (unpaired) electrons. The summed E-state index contributed by atoms with van der Waals surface area (Å²) in [6, 6.07) is 0. The number of aryl methyl sites for hydroxylation is 3. The molecule has 6 nitrogen and oxygen atoms in total. The molecule has 1 N–H and O–H groups in total. The molecule has 1 unspecified atom stereocenters. The van der Waals surface area contributed by atoms with Gasteiger partial charge in [0.25, 0.3) is 5.91 Å². The maximum Gasteiger partial charge on any atom is 0.259 e. The summed E-state index contributed by atoms with van der Waals surface area (Å²) in [5, 5.41) is 11.0. The van der Waals surface area contributed by atoms with Gasteiger partial charge in [-0.3, -0.25) is 9.89 Å². The highest BCUT2D eigenvalue weighted by Crippen LogP contribution is 2.24. The molecule has 0 bridgehead atoms. The number of aromatic nitrogens is 3. The molecule has 2 aromatic rings. The van der Waals surface area contributed by atoms with E-state index in [0.717, 1.165) is 32.4 Å². The van der Waals surface area contributed by atoms with E-state index in [2.05, 4.69) is 22.3 Å². The van der Waals surface area contributed by atoms with Crippen molar-refractivity contribution in [1.82, 2.24) is 20.3 Å². The lowest BCUT2D eigenvalue weighted by Crippen LogP contribution is -2.41. The van der Waals surface area contributed by atoms with E-state index in [1.54, 1.807) is 6.92 Å². The van der Waals surface area contributed by atoms with E-state index < -0.39 is 0 Å². The van der Waals surface area contributed by atoms with Crippen molar-refractivity contribution in [3.05, 3.63) is 34.5 Å². The summed E-state index contributed by atoms with van der Waals surface area (Å²) >= 11 is 0. The van der Waals surface area contributed by atoms with Crippen molar-refractivity contribution in [2.24, 2.45) is 5.92 Å². The fourth-order valence-electron chi connectivity index (χ4n) is 3.23. The highest BCUT2D eigenvalue weighted by molar-refractivity contribution is 5.96. The predicted molar refractivity (Wildman–Crippen MR) is 81.6 cm³/mol. The van der Waals surface area contributed by atoms with Crippen molar-refractivity contribution >= 4 is 5.91 Å². The van der Waals surface area contributed by atoms with Crippen LogP contribution in [0.4, 0.5) is 0 Å². The number of amides is 1. The van der Waals surface area contributed by atoms with Gasteiger partial charge < -0.3 is 9.42 Å². The molecular formula is C16H22N4O2. The van der Waals surface area contributed by atoms with E-state index >= 15 is 0 Å². The van der Waals surface area contributed by atoms with E-state index in [1.165, 1.54) is 11.3 Å². The van der Waals surface area contributed by atoms with Crippen molar-refractivity contribution < 1.29 is 9.32 Å². The Morgan fingerprint density at radius 3 is 2.91 bits per heavy atom. The number of rotatable bonds is 3. The van der Waals surface area contributed by atoms with Gasteiger partial charge in [0, 0.05) is 18.8 Å². The second-order valence-corrected chi connectivity index (χ2v) is 6.19. The summed E-state index contributed by atoms with van der Waals surface area (Å²) in [5.41, 5.74) is 3.67. The van der Waals surface area contributed by atoms with E-state index in [9.17, 15) is 4.79 Å². The summed E-state index contributed by atoms with van der Waals surface area (Å²) < 4.78 is 5.12. The predicted octanol–water partition coefficient (Wildman–Crippen LogP) is 2.42. The smallest absolute Gasteiger partial charge is 0.259 e. The summed E-state index contributed by atoms with van der Waals surface area (Å²) in [6.07, 6.45) is 4.97. The van der Waals surface area contributed by atoms with Gasteiger partial charge in [0.15, 0.2) is 0 Å². The van der Waals surface area contributed by atoms with Crippen LogP contribution in [0.1, 0.15) is 45.9 Å². The van der Waals surface area contributed by atoms with Gasteiger partial charge in [0.2, 0.25) is 0 Å². The highest BCUT2D eigenvalue weighted by Gasteiger charge is 2.28. The summed E-state index contributed by atoms with van der Waals surface area (Å²) in [5.74, 6) is 1.12. The Balaban J connectivity index is 1.70. The quantitative estimate of drug-likeness (QED) is 0.944. The first-order chi connectivity index (χ1) is 10.6. The molecule has 1 aliphatic rings. The van der Waals surface area contributed by atoms with Gasteiger partial charge in [-0.15, -0.1) is 0 Å². The standard InChI is InChI=1S/C16H22N4O2/c1-10-8-17-18-14(10)7-13-5-4-6-20(9-13)16(21)15-11(2)19-22-12(15)3/h8,13H,4-7,9H2,1-3H3,(H,17,18). The number of nitrogens with one attached hydrogen (secondary N) is 1. The van der Waals surface area contributed by atoms with Crippen molar-refractivity contribution in [3.8, 4) is 0 Å². The first-order valence-corrected chi connectivity index (χ1v) is 7.77. The topological polar surface area (TPSA) is 75.0 Å². The third-order valence-corrected chi connectivity index (χ3v) is 4.48. The van der Waals surface area contributed by atoms with Gasteiger partial charge in [-0.25, -0.2) is 0 Å². The van der Waals surface area contributed by atoms with E-state index in [0.29, 0.717) is 22.9 Å². The fourth-order valence-corrected chi connectivity index (χ4v) is 3.23. The summed E-state index contributed by atoms with van der Waals surface area (Å²) in [7, 11) is 0. The van der Waals surface area contributed by atoms with Crippen LogP contribution >= 0.6 is 0 Å². The van der Waals surface area contributed by atoms with Crippen LogP contribution in [-0.2, 0) is 6.42 Å². The van der Waals surface area contributed by atoms with Crippen LogP contribution < -0.4 is 0 Å². The van der Waals surface area contributed by atoms with Gasteiger partial charge in [0.1, 0.15) is 11.3 Å². The molecular weight excluding hydrogens is 280 g/mol. The van der Waals surface area contributed by atoms with Crippen LogP contribution in [0.25, 0.3) is 0 Å². The largest absolute Gasteiger partial charge is 0.361 e. The number of piperidine rings is 1. The van der Waals surface area contributed by atoms with Gasteiger partial charge in [-0.2, -0.15) is 5.10 Å². The second-order valence-electron chi connectivity index (χ2n) is 6.19. The summed E-state index contributed by atoms with van der Waals surface area (Å²) in [4.78, 5) is 14.7. The number of carbonyl (C=O) groups is 1. The Hall–Kier alpha value is -2.11. The normalized spacial score (nSPS) is 18.7. The van der Waals surface area contributed by atoms with Crippen LogP contribution in [0.2, 0.25) is 0 Å². The fraction of sp³-hybridized carbons (Fsp3) is 0.562. The number of H-pyrrole nitrogens is 1. The van der Waals surface area contributed by atoms with Crippen molar-refractivity contribution in [1.29, 1.82) is 0 Å². The number of hydrogen-bond donors (Lipinski definition) is 1. The monoisotopic (exact) mass is 302 g/mol. The molecule has 1 fully saturated rings. The number of carbonyl (C=O) groups excluding carboxylic acids is 1. The van der Waals surface area contributed by atoms with Crippen molar-refractivity contribution in [3.63, 3.8) is 0 Å². The van der Waals surface area contributed by atoms with Crippen molar-refractivity contribution in [2.45, 2.75) is 40.0 Å². The maximum absolute atomic E-state index is 12.7. The third kappa shape index (κ3) is 2.77. The van der Waals surface area contributed by atoms with Crippen LogP contribution in [-0.4, -0.2) is 39.3 Å². The van der Waals surface area contributed by atoms with E-state index in [-0.39, 0.29) is 5.91 Å². The molecule has 0 saturated carbocycles. The minimum Gasteiger partial charge on any atom is -0.361 e. The molecule has 0 spiro atoms. The zero-order chi connectivity index (χ0) is 15.7. The average molecular weight is 302 g/mol. The molecule has 0 aliphatic carbocycles. The molecule has 22 heavy (non-hydrogen) atoms. The Bertz CT molecular complexity index is 654. The molecule has 3 heterocycles. The van der Waals surface area contributed by atoms with Gasteiger partial charge >= 0.3 is 0 Å². The highest BCUT2D eigenvalue weighted by atomic mass is 16.5. The van der Waals surface area contributed by atoms with Crippen LogP contribution in [0.15, 0.2) is 10.7 Å². The molecule has 1 aliphatic heterocycles. The third-order valence-electron chi connectivity index (χ3n) is 4.48. The molecule has 2 aromatic heterocycles. The van der Waals surface area contributed by atoms with Gasteiger partial charge in [0.05, 0.1) is 11.9 Å². The first kappa shape index (κ1) is 14.8. The van der Waals surface area contributed by atoms with Crippen molar-refractivity contribution in [2.75, 3.05) is 13.1 Å². The van der Waals surface area contributed by atoms with E-state index in [1.807, 2.05) is 18.0 Å². The SMILES string of the molecule is Cc1cn[nH]c1CC1CCCN(C(=O)c2c(C)noc2C)C1. The minimum absolute atomic E-state index is 0.0438. The lowest BCUT2D eigenvalue weighted by atomic mass is 9.92. The lowest BCUT2D eigenvalue weighted by Gasteiger charge is -2.32.